The molecule has 0 saturated heterocycles. The third kappa shape index (κ3) is 6.18. The third-order valence-electron chi connectivity index (χ3n) is 4.88. The molecular weight excluding hydrogens is 432 g/mol. The number of carbonyl (C=O) groups excluding carboxylic acids is 3. The van der Waals surface area contributed by atoms with E-state index in [2.05, 4.69) is 0 Å². The second-order valence-electron chi connectivity index (χ2n) is 7.36. The fourth-order valence-corrected chi connectivity index (χ4v) is 4.42. The first-order chi connectivity index (χ1) is 15.4. The van der Waals surface area contributed by atoms with Crippen molar-refractivity contribution in [2.24, 2.45) is 0 Å². The van der Waals surface area contributed by atoms with Crippen molar-refractivity contribution in [1.82, 2.24) is 0 Å². The molecule has 3 rings (SSSR count). The molecule has 0 amide bonds. The van der Waals surface area contributed by atoms with Gasteiger partial charge in [0.05, 0.1) is 6.61 Å². The number of rotatable bonds is 9. The first kappa shape index (κ1) is 24.0. The zero-order valence-electron chi connectivity index (χ0n) is 18.0. The van der Waals surface area contributed by atoms with E-state index in [0.29, 0.717) is 12.8 Å². The molecule has 1 aliphatic carbocycles. The van der Waals surface area contributed by atoms with Gasteiger partial charge >= 0.3 is 11.9 Å². The highest BCUT2D eigenvalue weighted by Crippen LogP contribution is 2.42. The Morgan fingerprint density at radius 2 is 2.00 bits per heavy atom. The fourth-order valence-electron chi connectivity index (χ4n) is 3.25. The SMILES string of the molecule is C/C=C/C(=O)OC(CC)OCC(O)COC(=O)C1=CC2=C(Cc3ccccc3S2)C(=O)C1. The highest BCUT2D eigenvalue weighted by Gasteiger charge is 2.30. The van der Waals surface area contributed by atoms with Crippen LogP contribution in [0, 0.1) is 0 Å². The Morgan fingerprint density at radius 3 is 2.75 bits per heavy atom. The molecule has 0 spiro atoms. The number of aliphatic hydroxyl groups is 1. The molecule has 0 fully saturated rings. The highest BCUT2D eigenvalue weighted by molar-refractivity contribution is 8.03. The number of thioether (sulfide) groups is 1. The number of fused-ring (bicyclic) bond motifs is 1. The maximum atomic E-state index is 12.6. The minimum Gasteiger partial charge on any atom is -0.459 e. The Hall–Kier alpha value is -2.68. The van der Waals surface area contributed by atoms with Crippen LogP contribution in [0.25, 0.3) is 0 Å². The second kappa shape index (κ2) is 11.3. The normalized spacial score (nSPS) is 17.3. The Bertz CT molecular complexity index is 976. The molecule has 1 aromatic rings. The smallest absolute Gasteiger partial charge is 0.334 e. The van der Waals surface area contributed by atoms with E-state index in [9.17, 15) is 19.5 Å². The first-order valence-electron chi connectivity index (χ1n) is 10.4. The van der Waals surface area contributed by atoms with Gasteiger partial charge in [0.2, 0.25) is 6.29 Å². The topological polar surface area (TPSA) is 99.1 Å². The quantitative estimate of drug-likeness (QED) is 0.342. The third-order valence-corrected chi connectivity index (χ3v) is 6.08. The lowest BCUT2D eigenvalue weighted by Gasteiger charge is -2.24. The summed E-state index contributed by atoms with van der Waals surface area (Å²) in [6.07, 6.45) is 3.57. The molecule has 2 atom stereocenters. The van der Waals surface area contributed by atoms with Crippen LogP contribution in [0.2, 0.25) is 0 Å². The van der Waals surface area contributed by atoms with Crippen molar-refractivity contribution in [3.63, 3.8) is 0 Å². The molecule has 1 heterocycles. The molecule has 7 nitrogen and oxygen atoms in total. The van der Waals surface area contributed by atoms with Gasteiger partial charge in [-0.05, 0) is 24.6 Å². The second-order valence-corrected chi connectivity index (χ2v) is 8.44. The number of ether oxygens (including phenoxy) is 3. The van der Waals surface area contributed by atoms with Crippen molar-refractivity contribution in [2.75, 3.05) is 13.2 Å². The van der Waals surface area contributed by atoms with Crippen molar-refractivity contribution in [3.05, 3.63) is 64.1 Å². The van der Waals surface area contributed by atoms with E-state index in [4.69, 9.17) is 14.2 Å². The molecule has 0 aromatic heterocycles. The standard InChI is InChI=1S/C24H26O7S/c1-3-7-22(27)31-23(4-2)29-13-17(25)14-30-24(28)16-11-19(26)18-10-15-8-5-6-9-20(15)32-21(18)12-16/h3,5-9,12,17,23,25H,4,10-11,13-14H2,1-2H3/b7-3+. The summed E-state index contributed by atoms with van der Waals surface area (Å²) in [5.74, 6) is -1.27. The van der Waals surface area contributed by atoms with Gasteiger partial charge in [0.1, 0.15) is 12.7 Å². The average molecular weight is 459 g/mol. The Morgan fingerprint density at radius 1 is 1.22 bits per heavy atom. The molecule has 2 aliphatic rings. The summed E-state index contributed by atoms with van der Waals surface area (Å²) in [4.78, 5) is 38.4. The minimum atomic E-state index is -1.10. The van der Waals surface area contributed by atoms with Gasteiger partial charge in [0, 0.05) is 46.3 Å². The van der Waals surface area contributed by atoms with Crippen LogP contribution in [0.4, 0.5) is 0 Å². The summed E-state index contributed by atoms with van der Waals surface area (Å²) in [6, 6.07) is 7.88. The zero-order valence-corrected chi connectivity index (χ0v) is 18.9. The number of ketones is 1. The van der Waals surface area contributed by atoms with Gasteiger partial charge in [-0.25, -0.2) is 9.59 Å². The van der Waals surface area contributed by atoms with Crippen LogP contribution in [0.5, 0.6) is 0 Å². The summed E-state index contributed by atoms with van der Waals surface area (Å²) in [7, 11) is 0. The van der Waals surface area contributed by atoms with Crippen LogP contribution in [0.15, 0.2) is 63.4 Å². The number of carbonyl (C=O) groups is 3. The van der Waals surface area contributed by atoms with Crippen molar-refractivity contribution < 1.29 is 33.7 Å². The molecule has 0 radical (unpaired) electrons. The Labute approximate surface area is 191 Å². The molecular formula is C24H26O7S. The summed E-state index contributed by atoms with van der Waals surface area (Å²) in [5, 5.41) is 10.1. The predicted octanol–water partition coefficient (Wildman–Crippen LogP) is 3.26. The van der Waals surface area contributed by atoms with Crippen molar-refractivity contribution in [2.45, 2.75) is 50.4 Å². The average Bonchev–Trinajstić information content (AvgIpc) is 2.79. The largest absolute Gasteiger partial charge is 0.459 e. The van der Waals surface area contributed by atoms with E-state index in [1.165, 1.54) is 17.8 Å². The minimum absolute atomic E-state index is 0.0220. The van der Waals surface area contributed by atoms with Crippen molar-refractivity contribution in [3.8, 4) is 0 Å². The lowest BCUT2D eigenvalue weighted by molar-refractivity contribution is -0.181. The molecule has 1 N–H and O–H groups in total. The number of benzene rings is 1. The fraction of sp³-hybridized carbons (Fsp3) is 0.375. The molecule has 170 valence electrons. The van der Waals surface area contributed by atoms with E-state index in [1.54, 1.807) is 26.0 Å². The van der Waals surface area contributed by atoms with Crippen molar-refractivity contribution in [1.29, 1.82) is 0 Å². The maximum absolute atomic E-state index is 12.6. The zero-order chi connectivity index (χ0) is 23.1. The number of esters is 2. The van der Waals surface area contributed by atoms with Crippen molar-refractivity contribution >= 4 is 29.5 Å². The van der Waals surface area contributed by atoms with Crippen LogP contribution in [0.1, 0.15) is 32.3 Å². The molecule has 32 heavy (non-hydrogen) atoms. The van der Waals surface area contributed by atoms with E-state index in [1.807, 2.05) is 24.3 Å². The van der Waals surface area contributed by atoms with E-state index < -0.39 is 24.3 Å². The lowest BCUT2D eigenvalue weighted by Crippen LogP contribution is -2.29. The molecule has 2 unspecified atom stereocenters. The summed E-state index contributed by atoms with van der Waals surface area (Å²) < 4.78 is 15.6. The van der Waals surface area contributed by atoms with Gasteiger partial charge in [0.25, 0.3) is 0 Å². The molecule has 1 aliphatic heterocycles. The summed E-state index contributed by atoms with van der Waals surface area (Å²) >= 11 is 1.47. The van der Waals surface area contributed by atoms with Gasteiger partial charge in [-0.2, -0.15) is 0 Å². The van der Waals surface area contributed by atoms with E-state index >= 15 is 0 Å². The van der Waals surface area contributed by atoms with Crippen LogP contribution in [0.3, 0.4) is 0 Å². The number of aliphatic hydroxyl groups excluding tert-OH is 1. The molecule has 1 aromatic carbocycles. The van der Waals surface area contributed by atoms with Gasteiger partial charge in [-0.3, -0.25) is 4.79 Å². The van der Waals surface area contributed by atoms with E-state index in [0.717, 1.165) is 20.9 Å². The molecule has 0 bridgehead atoms. The van der Waals surface area contributed by atoms with E-state index in [-0.39, 0.29) is 31.0 Å². The number of hydrogen-bond acceptors (Lipinski definition) is 8. The first-order valence-corrected chi connectivity index (χ1v) is 11.3. The number of hydrogen-bond donors (Lipinski definition) is 1. The van der Waals surface area contributed by atoms with Crippen LogP contribution < -0.4 is 0 Å². The van der Waals surface area contributed by atoms with Crippen LogP contribution in [-0.2, 0) is 35.0 Å². The number of allylic oxidation sites excluding steroid dienone is 3. The molecule has 8 heteroatoms. The Balaban J connectivity index is 1.52. The highest BCUT2D eigenvalue weighted by atomic mass is 32.2. The Kier molecular flexibility index (Phi) is 8.44. The predicted molar refractivity (Wildman–Crippen MR) is 119 cm³/mol. The van der Waals surface area contributed by atoms with Crippen LogP contribution >= 0.6 is 11.8 Å². The van der Waals surface area contributed by atoms with Gasteiger partial charge in [0.15, 0.2) is 5.78 Å². The van der Waals surface area contributed by atoms with Crippen LogP contribution in [-0.4, -0.2) is 48.4 Å². The number of Topliss-reactive ketones (excluding diaryl/α,β-unsaturated/α-hetero) is 1. The van der Waals surface area contributed by atoms with Gasteiger partial charge in [-0.1, -0.05) is 43.0 Å². The summed E-state index contributed by atoms with van der Waals surface area (Å²) in [6.45, 7) is 3.00. The monoisotopic (exact) mass is 458 g/mol. The summed E-state index contributed by atoms with van der Waals surface area (Å²) in [5.41, 5.74) is 2.09. The molecule has 0 saturated carbocycles. The van der Waals surface area contributed by atoms with Gasteiger partial charge < -0.3 is 19.3 Å². The maximum Gasteiger partial charge on any atom is 0.334 e. The van der Waals surface area contributed by atoms with Gasteiger partial charge in [-0.15, -0.1) is 0 Å². The lowest BCUT2D eigenvalue weighted by atomic mass is 9.92.